The summed E-state index contributed by atoms with van der Waals surface area (Å²) < 4.78 is 2.92. The first-order valence-corrected chi connectivity index (χ1v) is 7.67. The van der Waals surface area contributed by atoms with Gasteiger partial charge in [-0.05, 0) is 43.5 Å². The van der Waals surface area contributed by atoms with Crippen molar-refractivity contribution in [1.29, 1.82) is 0 Å². The third-order valence-electron chi connectivity index (χ3n) is 3.79. The zero-order valence-electron chi connectivity index (χ0n) is 11.2. The molecule has 1 fully saturated rings. The van der Waals surface area contributed by atoms with Gasteiger partial charge in [-0.3, -0.25) is 0 Å². The maximum Gasteiger partial charge on any atom is 0.0771 e. The van der Waals surface area contributed by atoms with Gasteiger partial charge in [-0.2, -0.15) is 5.10 Å². The first-order chi connectivity index (χ1) is 9.65. The number of rotatable bonds is 5. The Morgan fingerprint density at radius 1 is 1.30 bits per heavy atom. The molecule has 0 saturated heterocycles. The van der Waals surface area contributed by atoms with Crippen LogP contribution in [-0.2, 0) is 6.54 Å². The second kappa shape index (κ2) is 5.68. The summed E-state index contributed by atoms with van der Waals surface area (Å²) in [6, 6.07) is 8.04. The minimum absolute atomic E-state index is 0.471. The van der Waals surface area contributed by atoms with Crippen LogP contribution < -0.4 is 5.32 Å². The molecule has 3 rings (SSSR count). The fourth-order valence-electron chi connectivity index (χ4n) is 2.39. The molecule has 1 saturated carbocycles. The second-order valence-electron chi connectivity index (χ2n) is 5.45. The molecule has 1 aliphatic rings. The van der Waals surface area contributed by atoms with Crippen molar-refractivity contribution >= 4 is 15.9 Å². The van der Waals surface area contributed by atoms with Crippen molar-refractivity contribution < 1.29 is 5.11 Å². The van der Waals surface area contributed by atoms with E-state index in [2.05, 4.69) is 26.3 Å². The van der Waals surface area contributed by atoms with Crippen molar-refractivity contribution in [2.24, 2.45) is 0 Å². The Labute approximate surface area is 126 Å². The molecule has 106 valence electrons. The van der Waals surface area contributed by atoms with Crippen molar-refractivity contribution in [1.82, 2.24) is 15.1 Å². The quantitative estimate of drug-likeness (QED) is 0.883. The molecule has 4 nitrogen and oxygen atoms in total. The Kier molecular flexibility index (Phi) is 3.92. The molecule has 0 aliphatic heterocycles. The zero-order valence-corrected chi connectivity index (χ0v) is 12.8. The van der Waals surface area contributed by atoms with Gasteiger partial charge >= 0.3 is 0 Å². The van der Waals surface area contributed by atoms with Gasteiger partial charge in [0.2, 0.25) is 0 Å². The van der Waals surface area contributed by atoms with Crippen LogP contribution in [0.25, 0.3) is 5.69 Å². The number of nitrogens with one attached hydrogen (secondary N) is 1. The Bertz CT molecular complexity index is 575. The van der Waals surface area contributed by atoms with E-state index in [9.17, 15) is 5.11 Å². The molecule has 0 amide bonds. The lowest BCUT2D eigenvalue weighted by Crippen LogP contribution is -2.45. The van der Waals surface area contributed by atoms with Crippen LogP contribution in [0.1, 0.15) is 24.8 Å². The lowest BCUT2D eigenvalue weighted by molar-refractivity contribution is -0.0314. The summed E-state index contributed by atoms with van der Waals surface area (Å²) in [5, 5.41) is 17.7. The van der Waals surface area contributed by atoms with E-state index in [0.717, 1.165) is 41.5 Å². The van der Waals surface area contributed by atoms with E-state index in [1.54, 1.807) is 0 Å². The molecular weight excluding hydrogens is 318 g/mol. The van der Waals surface area contributed by atoms with Gasteiger partial charge in [0.15, 0.2) is 0 Å². The van der Waals surface area contributed by atoms with Crippen LogP contribution in [0.4, 0.5) is 0 Å². The molecule has 0 radical (unpaired) electrons. The molecule has 0 atom stereocenters. The molecule has 0 bridgehead atoms. The average molecular weight is 336 g/mol. The number of halogens is 1. The standard InChI is InChI=1S/C15H18BrN3O/c16-13-2-4-14(5-3-13)19-10-12(9-18-19)8-17-11-15(20)6-1-7-15/h2-5,9-10,17,20H,1,6-8,11H2. The van der Waals surface area contributed by atoms with Crippen molar-refractivity contribution in [2.75, 3.05) is 6.54 Å². The highest BCUT2D eigenvalue weighted by Gasteiger charge is 2.33. The lowest BCUT2D eigenvalue weighted by atomic mass is 9.80. The highest BCUT2D eigenvalue weighted by molar-refractivity contribution is 9.10. The van der Waals surface area contributed by atoms with Crippen LogP contribution in [0.15, 0.2) is 41.1 Å². The van der Waals surface area contributed by atoms with Crippen molar-refractivity contribution in [3.05, 3.63) is 46.7 Å². The minimum atomic E-state index is -0.471. The van der Waals surface area contributed by atoms with E-state index in [1.165, 1.54) is 0 Å². The number of aromatic nitrogens is 2. The summed E-state index contributed by atoms with van der Waals surface area (Å²) in [6.45, 7) is 1.40. The molecule has 1 aliphatic carbocycles. The summed E-state index contributed by atoms with van der Waals surface area (Å²) in [7, 11) is 0. The molecule has 1 aromatic carbocycles. The van der Waals surface area contributed by atoms with Crippen LogP contribution in [0.5, 0.6) is 0 Å². The van der Waals surface area contributed by atoms with Crippen LogP contribution in [0.3, 0.4) is 0 Å². The normalized spacial score (nSPS) is 16.9. The fraction of sp³-hybridized carbons (Fsp3) is 0.400. The molecule has 0 unspecified atom stereocenters. The predicted molar refractivity (Wildman–Crippen MR) is 81.8 cm³/mol. The fourth-order valence-corrected chi connectivity index (χ4v) is 2.65. The SMILES string of the molecule is OC1(CNCc2cnn(-c3ccc(Br)cc3)c2)CCC1. The van der Waals surface area contributed by atoms with Crippen molar-refractivity contribution in [2.45, 2.75) is 31.4 Å². The largest absolute Gasteiger partial charge is 0.389 e. The van der Waals surface area contributed by atoms with Gasteiger partial charge in [0.1, 0.15) is 0 Å². The van der Waals surface area contributed by atoms with Gasteiger partial charge in [0, 0.05) is 29.3 Å². The maximum absolute atomic E-state index is 10.0. The Morgan fingerprint density at radius 2 is 2.05 bits per heavy atom. The van der Waals surface area contributed by atoms with E-state index >= 15 is 0 Å². The summed E-state index contributed by atoms with van der Waals surface area (Å²) >= 11 is 3.42. The molecule has 2 N–H and O–H groups in total. The van der Waals surface area contributed by atoms with E-state index < -0.39 is 5.60 Å². The number of benzene rings is 1. The van der Waals surface area contributed by atoms with Crippen LogP contribution in [0, 0.1) is 0 Å². The zero-order chi connectivity index (χ0) is 14.0. The van der Waals surface area contributed by atoms with Gasteiger partial charge in [0.05, 0.1) is 17.5 Å². The molecule has 1 aromatic heterocycles. The van der Waals surface area contributed by atoms with Crippen LogP contribution in [0.2, 0.25) is 0 Å². The van der Waals surface area contributed by atoms with Gasteiger partial charge in [-0.25, -0.2) is 4.68 Å². The van der Waals surface area contributed by atoms with Gasteiger partial charge < -0.3 is 10.4 Å². The molecule has 5 heteroatoms. The molecule has 2 aromatic rings. The van der Waals surface area contributed by atoms with Crippen molar-refractivity contribution in [3.8, 4) is 5.69 Å². The summed E-state index contributed by atoms with van der Waals surface area (Å²) in [4.78, 5) is 0. The molecule has 0 spiro atoms. The third kappa shape index (κ3) is 3.11. The van der Waals surface area contributed by atoms with E-state index in [4.69, 9.17) is 0 Å². The average Bonchev–Trinajstić information content (AvgIpc) is 2.86. The molecule has 1 heterocycles. The predicted octanol–water partition coefficient (Wildman–Crippen LogP) is 2.64. The van der Waals surface area contributed by atoms with Crippen LogP contribution in [-0.4, -0.2) is 27.0 Å². The summed E-state index contributed by atoms with van der Waals surface area (Å²) in [5.41, 5.74) is 1.69. The van der Waals surface area contributed by atoms with Crippen LogP contribution >= 0.6 is 15.9 Å². The highest BCUT2D eigenvalue weighted by Crippen LogP contribution is 2.30. The Morgan fingerprint density at radius 3 is 2.70 bits per heavy atom. The smallest absolute Gasteiger partial charge is 0.0771 e. The molecule has 20 heavy (non-hydrogen) atoms. The van der Waals surface area contributed by atoms with E-state index in [1.807, 2.05) is 41.3 Å². The minimum Gasteiger partial charge on any atom is -0.389 e. The highest BCUT2D eigenvalue weighted by atomic mass is 79.9. The van der Waals surface area contributed by atoms with Gasteiger partial charge in [-0.1, -0.05) is 15.9 Å². The van der Waals surface area contributed by atoms with E-state index in [0.29, 0.717) is 6.54 Å². The molecular formula is C15H18BrN3O. The first-order valence-electron chi connectivity index (χ1n) is 6.87. The number of hydrogen-bond acceptors (Lipinski definition) is 3. The first kappa shape index (κ1) is 13.8. The number of hydrogen-bond donors (Lipinski definition) is 2. The maximum atomic E-state index is 10.0. The van der Waals surface area contributed by atoms with E-state index in [-0.39, 0.29) is 0 Å². The Balaban J connectivity index is 1.57. The Hall–Kier alpha value is -1.17. The van der Waals surface area contributed by atoms with Gasteiger partial charge in [-0.15, -0.1) is 0 Å². The number of aliphatic hydroxyl groups is 1. The summed E-state index contributed by atoms with van der Waals surface area (Å²) in [6.07, 6.45) is 6.84. The second-order valence-corrected chi connectivity index (χ2v) is 6.37. The van der Waals surface area contributed by atoms with Crippen molar-refractivity contribution in [3.63, 3.8) is 0 Å². The lowest BCUT2D eigenvalue weighted by Gasteiger charge is -2.36. The number of nitrogens with zero attached hydrogens (tertiary/aromatic N) is 2. The monoisotopic (exact) mass is 335 g/mol. The third-order valence-corrected chi connectivity index (χ3v) is 4.32. The van der Waals surface area contributed by atoms with Gasteiger partial charge in [0.25, 0.3) is 0 Å². The topological polar surface area (TPSA) is 50.1 Å². The summed E-state index contributed by atoms with van der Waals surface area (Å²) in [5.74, 6) is 0.